The van der Waals surface area contributed by atoms with Gasteiger partial charge in [-0.1, -0.05) is 29.8 Å². The molecule has 2 rings (SSSR count). The molecule has 0 saturated heterocycles. The maximum absolute atomic E-state index is 12.1. The first-order valence-corrected chi connectivity index (χ1v) is 8.56. The van der Waals surface area contributed by atoms with E-state index < -0.39 is 0 Å². The molecule has 0 unspecified atom stereocenters. The number of amides is 2. The van der Waals surface area contributed by atoms with Crippen molar-refractivity contribution in [3.8, 4) is 0 Å². The summed E-state index contributed by atoms with van der Waals surface area (Å²) in [6.45, 7) is 8.57. The van der Waals surface area contributed by atoms with Crippen LogP contribution in [0.2, 0.25) is 5.02 Å². The van der Waals surface area contributed by atoms with Crippen LogP contribution >= 0.6 is 11.6 Å². The third kappa shape index (κ3) is 4.65. The summed E-state index contributed by atoms with van der Waals surface area (Å²) in [7, 11) is 0. The van der Waals surface area contributed by atoms with Crippen LogP contribution in [0, 0.1) is 6.92 Å². The van der Waals surface area contributed by atoms with Crippen LogP contribution in [0.3, 0.4) is 0 Å². The van der Waals surface area contributed by atoms with Crippen LogP contribution in [-0.4, -0.2) is 19.1 Å². The number of hydrogen-bond acceptors (Lipinski definition) is 2. The summed E-state index contributed by atoms with van der Waals surface area (Å²) in [6, 6.07) is 13.3. The molecule has 2 N–H and O–H groups in total. The molecule has 2 aromatic rings. The molecule has 128 valence electrons. The highest BCUT2D eigenvalue weighted by atomic mass is 35.5. The number of nitrogens with zero attached hydrogens (tertiary/aromatic N) is 1. The summed E-state index contributed by atoms with van der Waals surface area (Å²) in [5, 5.41) is 6.37. The van der Waals surface area contributed by atoms with Gasteiger partial charge in [0.25, 0.3) is 0 Å². The Bertz CT molecular complexity index is 699. The van der Waals surface area contributed by atoms with Crippen molar-refractivity contribution in [2.45, 2.75) is 27.3 Å². The van der Waals surface area contributed by atoms with Gasteiger partial charge in [-0.3, -0.25) is 0 Å². The zero-order valence-corrected chi connectivity index (χ0v) is 15.2. The van der Waals surface area contributed by atoms with E-state index in [-0.39, 0.29) is 6.03 Å². The zero-order chi connectivity index (χ0) is 17.5. The highest BCUT2D eigenvalue weighted by Crippen LogP contribution is 2.22. The summed E-state index contributed by atoms with van der Waals surface area (Å²) in [5.74, 6) is 0. The van der Waals surface area contributed by atoms with E-state index in [9.17, 15) is 4.79 Å². The van der Waals surface area contributed by atoms with Crippen molar-refractivity contribution in [3.63, 3.8) is 0 Å². The van der Waals surface area contributed by atoms with E-state index in [0.29, 0.717) is 11.6 Å². The lowest BCUT2D eigenvalue weighted by Crippen LogP contribution is -2.28. The Morgan fingerprint density at radius 2 is 1.83 bits per heavy atom. The minimum atomic E-state index is -0.242. The van der Waals surface area contributed by atoms with Crippen LogP contribution in [0.15, 0.2) is 42.5 Å². The van der Waals surface area contributed by atoms with Gasteiger partial charge in [0.15, 0.2) is 0 Å². The van der Waals surface area contributed by atoms with E-state index in [0.717, 1.165) is 29.9 Å². The van der Waals surface area contributed by atoms with Crippen molar-refractivity contribution in [3.05, 3.63) is 58.6 Å². The van der Waals surface area contributed by atoms with Gasteiger partial charge in [0, 0.05) is 36.0 Å². The Balaban J connectivity index is 1.98. The molecule has 0 radical (unpaired) electrons. The number of carbonyl (C=O) groups is 1. The van der Waals surface area contributed by atoms with Crippen molar-refractivity contribution >= 4 is 29.0 Å². The second kappa shape index (κ2) is 8.60. The van der Waals surface area contributed by atoms with Crippen LogP contribution in [-0.2, 0) is 6.54 Å². The van der Waals surface area contributed by atoms with E-state index in [4.69, 9.17) is 11.6 Å². The first-order valence-electron chi connectivity index (χ1n) is 8.19. The normalized spacial score (nSPS) is 10.3. The minimum Gasteiger partial charge on any atom is -0.372 e. The minimum absolute atomic E-state index is 0.242. The topological polar surface area (TPSA) is 44.4 Å². The summed E-state index contributed by atoms with van der Waals surface area (Å²) in [5.41, 5.74) is 3.90. The molecule has 0 heterocycles. The Labute approximate surface area is 148 Å². The number of urea groups is 1. The quantitative estimate of drug-likeness (QED) is 0.788. The standard InChI is InChI=1S/C19H24ClN3O/c1-4-23(5-2)16-10-11-18(14(3)12-16)22-19(24)21-13-15-8-6-7-9-17(15)20/h6-12H,4-5,13H2,1-3H3,(H2,21,22,24). The van der Waals surface area contributed by atoms with Gasteiger partial charge in [-0.05, 0) is 56.2 Å². The van der Waals surface area contributed by atoms with Crippen LogP contribution in [0.1, 0.15) is 25.0 Å². The molecule has 0 aliphatic heterocycles. The lowest BCUT2D eigenvalue weighted by atomic mass is 10.1. The predicted molar refractivity (Wildman–Crippen MR) is 102 cm³/mol. The third-order valence-electron chi connectivity index (χ3n) is 3.98. The molecule has 2 aromatic carbocycles. The van der Waals surface area contributed by atoms with E-state index in [2.05, 4.69) is 35.4 Å². The van der Waals surface area contributed by atoms with E-state index in [1.165, 1.54) is 5.69 Å². The number of carbonyl (C=O) groups excluding carboxylic acids is 1. The number of hydrogen-bond donors (Lipinski definition) is 2. The van der Waals surface area contributed by atoms with Gasteiger partial charge >= 0.3 is 6.03 Å². The third-order valence-corrected chi connectivity index (χ3v) is 4.35. The second-order valence-corrected chi connectivity index (χ2v) is 5.98. The smallest absolute Gasteiger partial charge is 0.319 e. The molecule has 0 bridgehead atoms. The monoisotopic (exact) mass is 345 g/mol. The fourth-order valence-electron chi connectivity index (χ4n) is 2.56. The molecule has 2 amide bonds. The van der Waals surface area contributed by atoms with Gasteiger partial charge in [-0.15, -0.1) is 0 Å². The number of halogens is 1. The van der Waals surface area contributed by atoms with Crippen LogP contribution in [0.5, 0.6) is 0 Å². The van der Waals surface area contributed by atoms with Crippen molar-refractivity contribution in [1.29, 1.82) is 0 Å². The second-order valence-electron chi connectivity index (χ2n) is 5.57. The largest absolute Gasteiger partial charge is 0.372 e. The van der Waals surface area contributed by atoms with Crippen molar-refractivity contribution < 1.29 is 4.79 Å². The first kappa shape index (κ1) is 18.1. The molecule has 0 saturated carbocycles. The van der Waals surface area contributed by atoms with Crippen molar-refractivity contribution in [2.75, 3.05) is 23.3 Å². The van der Waals surface area contributed by atoms with E-state index in [1.54, 1.807) is 0 Å². The molecule has 0 aromatic heterocycles. The lowest BCUT2D eigenvalue weighted by molar-refractivity contribution is 0.251. The maximum Gasteiger partial charge on any atom is 0.319 e. The summed E-state index contributed by atoms with van der Waals surface area (Å²) in [6.07, 6.45) is 0. The van der Waals surface area contributed by atoms with E-state index in [1.807, 2.05) is 43.3 Å². The number of aryl methyl sites for hydroxylation is 1. The molecule has 0 fully saturated rings. The molecule has 4 nitrogen and oxygen atoms in total. The van der Waals surface area contributed by atoms with Gasteiger partial charge in [0.1, 0.15) is 0 Å². The Hall–Kier alpha value is -2.20. The Kier molecular flexibility index (Phi) is 6.50. The lowest BCUT2D eigenvalue weighted by Gasteiger charge is -2.22. The predicted octanol–water partition coefficient (Wildman–Crippen LogP) is 4.82. The summed E-state index contributed by atoms with van der Waals surface area (Å²) >= 11 is 6.09. The van der Waals surface area contributed by atoms with Gasteiger partial charge in [-0.25, -0.2) is 4.79 Å². The first-order chi connectivity index (χ1) is 11.5. The molecule has 0 aliphatic rings. The number of nitrogens with one attached hydrogen (secondary N) is 2. The molecule has 5 heteroatoms. The molecule has 0 spiro atoms. The van der Waals surface area contributed by atoms with Crippen LogP contribution in [0.25, 0.3) is 0 Å². The number of benzene rings is 2. The molecule has 0 aliphatic carbocycles. The zero-order valence-electron chi connectivity index (χ0n) is 14.4. The van der Waals surface area contributed by atoms with E-state index >= 15 is 0 Å². The Morgan fingerprint density at radius 1 is 1.12 bits per heavy atom. The molecule has 0 atom stereocenters. The average Bonchev–Trinajstić information content (AvgIpc) is 2.57. The van der Waals surface area contributed by atoms with Crippen LogP contribution in [0.4, 0.5) is 16.2 Å². The maximum atomic E-state index is 12.1. The van der Waals surface area contributed by atoms with Gasteiger partial charge in [0.2, 0.25) is 0 Å². The average molecular weight is 346 g/mol. The van der Waals surface area contributed by atoms with Crippen molar-refractivity contribution in [2.24, 2.45) is 0 Å². The highest BCUT2D eigenvalue weighted by Gasteiger charge is 2.08. The number of anilines is 2. The van der Waals surface area contributed by atoms with Gasteiger partial charge in [-0.2, -0.15) is 0 Å². The summed E-state index contributed by atoms with van der Waals surface area (Å²) in [4.78, 5) is 14.4. The van der Waals surface area contributed by atoms with Crippen LogP contribution < -0.4 is 15.5 Å². The Morgan fingerprint density at radius 3 is 2.46 bits per heavy atom. The summed E-state index contributed by atoms with van der Waals surface area (Å²) < 4.78 is 0. The van der Waals surface area contributed by atoms with Crippen molar-refractivity contribution in [1.82, 2.24) is 5.32 Å². The van der Waals surface area contributed by atoms with Gasteiger partial charge < -0.3 is 15.5 Å². The molecular formula is C19H24ClN3O. The highest BCUT2D eigenvalue weighted by molar-refractivity contribution is 6.31. The molecular weight excluding hydrogens is 322 g/mol. The fraction of sp³-hybridized carbons (Fsp3) is 0.316. The molecule has 24 heavy (non-hydrogen) atoms. The van der Waals surface area contributed by atoms with Gasteiger partial charge in [0.05, 0.1) is 0 Å². The SMILES string of the molecule is CCN(CC)c1ccc(NC(=O)NCc2ccccc2Cl)c(C)c1. The number of rotatable bonds is 6. The fourth-order valence-corrected chi connectivity index (χ4v) is 2.76.